The lowest BCUT2D eigenvalue weighted by molar-refractivity contribution is 0.516. The molecule has 1 aliphatic carbocycles. The summed E-state index contributed by atoms with van der Waals surface area (Å²) in [5.74, 6) is 0. The van der Waals surface area contributed by atoms with Crippen molar-refractivity contribution in [1.82, 2.24) is 4.65 Å². The predicted octanol–water partition coefficient (Wildman–Crippen LogP) is 4.46. The molecule has 0 aromatic rings. The van der Waals surface area contributed by atoms with Gasteiger partial charge < -0.3 is 4.65 Å². The average Bonchev–Trinajstić information content (AvgIpc) is 2.44. The highest BCUT2D eigenvalue weighted by molar-refractivity contribution is 6.94. The Morgan fingerprint density at radius 1 is 1.06 bits per heavy atom. The summed E-state index contributed by atoms with van der Waals surface area (Å²) in [5.41, 5.74) is 1.87. The lowest BCUT2D eigenvalue weighted by Crippen LogP contribution is -2.59. The zero-order valence-corrected chi connectivity index (χ0v) is 14.9. The molecule has 17 heavy (non-hydrogen) atoms. The van der Waals surface area contributed by atoms with Crippen LogP contribution in [0.1, 0.15) is 27.2 Å². The molecule has 0 unspecified atom stereocenters. The lowest BCUT2D eigenvalue weighted by atomic mass is 9.87. The molecule has 0 atom stereocenters. The first-order valence-electron chi connectivity index (χ1n) is 6.63. The number of nitrogens with one attached hydrogen (secondary N) is 1. The SMILES string of the molecule is CC(C)(C)C1=C([Si](C)(C)N[Si](C)(C)C)CC=C1. The summed E-state index contributed by atoms with van der Waals surface area (Å²) in [5, 5.41) is 1.72. The molecule has 0 bridgehead atoms. The van der Waals surface area contributed by atoms with E-state index in [0.29, 0.717) is 0 Å². The fourth-order valence-corrected chi connectivity index (χ4v) is 12.7. The molecule has 0 saturated heterocycles. The van der Waals surface area contributed by atoms with Crippen molar-refractivity contribution in [1.29, 1.82) is 0 Å². The second-order valence-corrected chi connectivity index (χ2v) is 17.1. The maximum Gasteiger partial charge on any atom is 0.141 e. The van der Waals surface area contributed by atoms with Crippen molar-refractivity contribution in [2.75, 3.05) is 0 Å². The van der Waals surface area contributed by atoms with Gasteiger partial charge >= 0.3 is 0 Å². The Balaban J connectivity index is 3.07. The predicted molar refractivity (Wildman–Crippen MR) is 84.2 cm³/mol. The van der Waals surface area contributed by atoms with Crippen LogP contribution in [-0.2, 0) is 0 Å². The van der Waals surface area contributed by atoms with Crippen molar-refractivity contribution >= 4 is 16.5 Å². The topological polar surface area (TPSA) is 12.0 Å². The van der Waals surface area contributed by atoms with Crippen LogP contribution >= 0.6 is 0 Å². The van der Waals surface area contributed by atoms with Crippen LogP contribution in [0.25, 0.3) is 0 Å². The van der Waals surface area contributed by atoms with Crippen LogP contribution in [0.3, 0.4) is 0 Å². The van der Waals surface area contributed by atoms with E-state index in [9.17, 15) is 0 Å². The molecule has 0 fully saturated rings. The molecule has 0 aromatic carbocycles. The van der Waals surface area contributed by atoms with E-state index >= 15 is 0 Å². The van der Waals surface area contributed by atoms with Crippen LogP contribution in [-0.4, -0.2) is 16.5 Å². The molecule has 3 heteroatoms. The maximum absolute atomic E-state index is 4.02. The molecule has 0 radical (unpaired) electrons. The van der Waals surface area contributed by atoms with Gasteiger partial charge in [-0.05, 0) is 17.4 Å². The first kappa shape index (κ1) is 14.9. The minimum Gasteiger partial charge on any atom is -0.356 e. The highest BCUT2D eigenvalue weighted by Gasteiger charge is 2.35. The summed E-state index contributed by atoms with van der Waals surface area (Å²) < 4.78 is 4.02. The monoisotopic (exact) mass is 267 g/mol. The molecular weight excluding hydrogens is 238 g/mol. The molecule has 0 heterocycles. The van der Waals surface area contributed by atoms with Gasteiger partial charge in [-0.25, -0.2) is 0 Å². The Kier molecular flexibility index (Phi) is 3.97. The van der Waals surface area contributed by atoms with E-state index in [0.717, 1.165) is 0 Å². The zero-order chi connectivity index (χ0) is 13.5. The number of hydrogen-bond donors (Lipinski definition) is 1. The third kappa shape index (κ3) is 3.93. The maximum atomic E-state index is 4.02. The van der Waals surface area contributed by atoms with Gasteiger partial charge in [0, 0.05) is 0 Å². The Labute approximate surface area is 110 Å². The zero-order valence-electron chi connectivity index (χ0n) is 12.9. The van der Waals surface area contributed by atoms with Gasteiger partial charge in [-0.15, -0.1) is 0 Å². The van der Waals surface area contributed by atoms with Gasteiger partial charge in [-0.3, -0.25) is 0 Å². The molecule has 1 rings (SSSR count). The molecule has 0 spiro atoms. The molecule has 0 amide bonds. The van der Waals surface area contributed by atoms with Gasteiger partial charge in [0.15, 0.2) is 0 Å². The fraction of sp³-hybridized carbons (Fsp3) is 0.714. The first-order valence-corrected chi connectivity index (χ1v) is 13.1. The number of hydrogen-bond acceptors (Lipinski definition) is 1. The van der Waals surface area contributed by atoms with Crippen LogP contribution in [0.15, 0.2) is 22.9 Å². The van der Waals surface area contributed by atoms with E-state index in [4.69, 9.17) is 0 Å². The molecule has 0 aromatic heterocycles. The van der Waals surface area contributed by atoms with Gasteiger partial charge in [-0.1, -0.05) is 70.9 Å². The van der Waals surface area contributed by atoms with Crippen LogP contribution in [0, 0.1) is 5.41 Å². The Morgan fingerprint density at radius 2 is 1.59 bits per heavy atom. The molecule has 1 N–H and O–H groups in total. The summed E-state index contributed by atoms with van der Waals surface area (Å²) in [6, 6.07) is 0. The van der Waals surface area contributed by atoms with Gasteiger partial charge in [0.25, 0.3) is 0 Å². The summed E-state index contributed by atoms with van der Waals surface area (Å²) in [6.45, 7) is 19.1. The summed E-state index contributed by atoms with van der Waals surface area (Å²) in [4.78, 5) is 0. The summed E-state index contributed by atoms with van der Waals surface area (Å²) in [7, 11) is -2.65. The molecular formula is C14H29NSi2. The van der Waals surface area contributed by atoms with E-state index in [-0.39, 0.29) is 5.41 Å². The highest BCUT2D eigenvalue weighted by atomic mass is 28.4. The van der Waals surface area contributed by atoms with Crippen molar-refractivity contribution in [2.24, 2.45) is 5.41 Å². The largest absolute Gasteiger partial charge is 0.356 e. The Hall–Kier alpha value is -0.126. The van der Waals surface area contributed by atoms with Crippen LogP contribution in [0.5, 0.6) is 0 Å². The second kappa shape index (κ2) is 4.52. The minimum atomic E-state index is -1.45. The normalized spacial score (nSPS) is 18.1. The third-order valence-electron chi connectivity index (χ3n) is 3.18. The van der Waals surface area contributed by atoms with Gasteiger partial charge in [-0.2, -0.15) is 0 Å². The molecule has 0 aliphatic heterocycles. The summed E-state index contributed by atoms with van der Waals surface area (Å²) >= 11 is 0. The summed E-state index contributed by atoms with van der Waals surface area (Å²) in [6.07, 6.45) is 5.87. The quantitative estimate of drug-likeness (QED) is 0.745. The van der Waals surface area contributed by atoms with Crippen molar-refractivity contribution < 1.29 is 0 Å². The van der Waals surface area contributed by atoms with Crippen molar-refractivity contribution in [3.05, 3.63) is 22.9 Å². The fourth-order valence-electron chi connectivity index (χ4n) is 2.81. The van der Waals surface area contributed by atoms with Crippen LogP contribution in [0.4, 0.5) is 0 Å². The van der Waals surface area contributed by atoms with E-state index in [2.05, 4.69) is 70.3 Å². The molecule has 98 valence electrons. The Bertz CT molecular complexity index is 351. The van der Waals surface area contributed by atoms with Gasteiger partial charge in [0.1, 0.15) is 16.5 Å². The average molecular weight is 268 g/mol. The highest BCUT2D eigenvalue weighted by Crippen LogP contribution is 2.37. The number of rotatable bonds is 3. The lowest BCUT2D eigenvalue weighted by Gasteiger charge is -2.36. The smallest absolute Gasteiger partial charge is 0.141 e. The van der Waals surface area contributed by atoms with Crippen molar-refractivity contribution in [2.45, 2.75) is 59.9 Å². The van der Waals surface area contributed by atoms with Crippen molar-refractivity contribution in [3.8, 4) is 0 Å². The Morgan fingerprint density at radius 3 is 2.00 bits per heavy atom. The van der Waals surface area contributed by atoms with Crippen molar-refractivity contribution in [3.63, 3.8) is 0 Å². The number of allylic oxidation sites excluding steroid dienone is 4. The van der Waals surface area contributed by atoms with Crippen LogP contribution < -0.4 is 4.65 Å². The standard InChI is InChI=1S/C14H29NSi2/c1-14(2,3)12-10-9-11-13(12)17(7,8)15-16(4,5)6/h9-10,15H,11H2,1-8H3. The molecule has 1 aliphatic rings. The van der Waals surface area contributed by atoms with Gasteiger partial charge in [0.2, 0.25) is 0 Å². The van der Waals surface area contributed by atoms with Gasteiger partial charge in [0.05, 0.1) is 0 Å². The second-order valence-electron chi connectivity index (χ2n) is 7.75. The molecule has 0 saturated carbocycles. The van der Waals surface area contributed by atoms with Crippen LogP contribution in [0.2, 0.25) is 32.7 Å². The third-order valence-corrected chi connectivity index (χ3v) is 10.7. The minimum absolute atomic E-state index is 0.285. The van der Waals surface area contributed by atoms with E-state index in [1.54, 1.807) is 10.8 Å². The first-order chi connectivity index (χ1) is 7.43. The molecule has 1 nitrogen and oxygen atoms in total. The van der Waals surface area contributed by atoms with E-state index in [1.165, 1.54) is 6.42 Å². The van der Waals surface area contributed by atoms with E-state index < -0.39 is 16.5 Å². The van der Waals surface area contributed by atoms with E-state index in [1.807, 2.05) is 0 Å².